The van der Waals surface area contributed by atoms with Crippen molar-refractivity contribution in [3.05, 3.63) is 83.4 Å². The molecule has 3 aromatic carbocycles. The summed E-state index contributed by atoms with van der Waals surface area (Å²) in [5, 5.41) is 9.99. The minimum absolute atomic E-state index is 0.0938. The lowest BCUT2D eigenvalue weighted by atomic mass is 9.76. The summed E-state index contributed by atoms with van der Waals surface area (Å²) in [6.07, 6.45) is 2.93. The molecule has 0 unspecified atom stereocenters. The third-order valence-electron chi connectivity index (χ3n) is 7.02. The first-order valence-electron chi connectivity index (χ1n) is 11.6. The first-order valence-corrected chi connectivity index (χ1v) is 11.6. The van der Waals surface area contributed by atoms with Crippen molar-refractivity contribution in [2.45, 2.75) is 24.7 Å². The maximum atomic E-state index is 11.1. The van der Waals surface area contributed by atoms with E-state index in [0.29, 0.717) is 6.61 Å². The first-order chi connectivity index (χ1) is 16.2. The molecule has 0 aliphatic carbocycles. The molecule has 0 saturated carbocycles. The topological polar surface area (TPSA) is 59.0 Å². The van der Waals surface area contributed by atoms with E-state index in [0.717, 1.165) is 54.8 Å². The molecule has 3 aromatic rings. The number of piperidine rings is 1. The number of ether oxygens (including phenoxy) is 2. The summed E-state index contributed by atoms with van der Waals surface area (Å²) >= 11 is 0. The number of carbonyl (C=O) groups excluding carboxylic acids is 1. The van der Waals surface area contributed by atoms with Crippen LogP contribution in [0, 0.1) is 5.92 Å². The number of aromatic hydroxyl groups is 1. The van der Waals surface area contributed by atoms with Gasteiger partial charge in [-0.05, 0) is 54.3 Å². The monoisotopic (exact) mass is 443 g/mol. The third-order valence-corrected chi connectivity index (χ3v) is 7.02. The van der Waals surface area contributed by atoms with Crippen molar-refractivity contribution in [2.24, 2.45) is 5.92 Å². The van der Waals surface area contributed by atoms with Crippen LogP contribution in [0.2, 0.25) is 0 Å². The van der Waals surface area contributed by atoms with Gasteiger partial charge in [0, 0.05) is 48.2 Å². The molecule has 0 bridgehead atoms. The zero-order chi connectivity index (χ0) is 22.8. The number of hydrogen-bond acceptors (Lipinski definition) is 5. The van der Waals surface area contributed by atoms with E-state index >= 15 is 0 Å². The van der Waals surface area contributed by atoms with Gasteiger partial charge in [0.15, 0.2) is 0 Å². The Kier molecular flexibility index (Phi) is 5.95. The summed E-state index contributed by atoms with van der Waals surface area (Å²) in [5.74, 6) is 2.18. The van der Waals surface area contributed by atoms with E-state index in [2.05, 4.69) is 41.3 Å². The Morgan fingerprint density at radius 3 is 2.52 bits per heavy atom. The molecule has 0 spiro atoms. The first kappa shape index (κ1) is 21.4. The number of benzene rings is 3. The largest absolute Gasteiger partial charge is 0.508 e. The quantitative estimate of drug-likeness (QED) is 0.555. The molecule has 2 heterocycles. The molecule has 33 heavy (non-hydrogen) atoms. The smallest absolute Gasteiger partial charge is 0.126 e. The molecular formula is C28H29NO4. The Labute approximate surface area is 194 Å². The van der Waals surface area contributed by atoms with Crippen molar-refractivity contribution in [2.75, 3.05) is 31.7 Å². The van der Waals surface area contributed by atoms with Crippen LogP contribution >= 0.6 is 0 Å². The van der Waals surface area contributed by atoms with Crippen molar-refractivity contribution < 1.29 is 19.4 Å². The Hall–Kier alpha value is -3.47. The summed E-state index contributed by atoms with van der Waals surface area (Å²) in [6.45, 7) is 2.35. The Morgan fingerprint density at radius 2 is 1.79 bits per heavy atom. The van der Waals surface area contributed by atoms with E-state index in [-0.39, 0.29) is 23.5 Å². The van der Waals surface area contributed by atoms with Gasteiger partial charge in [-0.1, -0.05) is 30.3 Å². The van der Waals surface area contributed by atoms with Crippen molar-refractivity contribution >= 4 is 12.0 Å². The molecule has 2 atom stereocenters. The van der Waals surface area contributed by atoms with Crippen molar-refractivity contribution in [1.82, 2.24) is 0 Å². The average molecular weight is 444 g/mol. The van der Waals surface area contributed by atoms with Crippen LogP contribution in [0.15, 0.2) is 66.7 Å². The third kappa shape index (κ3) is 4.28. The predicted molar refractivity (Wildman–Crippen MR) is 129 cm³/mol. The number of nitrogens with zero attached hydrogens (tertiary/aromatic N) is 1. The molecular weight excluding hydrogens is 414 g/mol. The van der Waals surface area contributed by atoms with E-state index in [1.165, 1.54) is 11.3 Å². The highest BCUT2D eigenvalue weighted by Crippen LogP contribution is 2.47. The lowest BCUT2D eigenvalue weighted by molar-refractivity contribution is -0.111. The van der Waals surface area contributed by atoms with Gasteiger partial charge in [0.25, 0.3) is 0 Å². The van der Waals surface area contributed by atoms with E-state index in [9.17, 15) is 9.90 Å². The van der Waals surface area contributed by atoms with Crippen LogP contribution in [-0.2, 0) is 4.79 Å². The van der Waals surface area contributed by atoms with Crippen molar-refractivity contribution in [3.8, 4) is 17.2 Å². The lowest BCUT2D eigenvalue weighted by Gasteiger charge is -2.35. The standard InChI is InChI=1S/C28H29NO4/c1-32-24-4-2-3-21(15-24)26-18-33-27-16-23(31)9-10-25(27)28(26)20-5-7-22(8-6-20)29-13-11-19(17-30)12-14-29/h2-10,15-17,19,26,28,31H,11-14,18H2,1H3/t26-,28-/m0/s1. The molecule has 5 heteroatoms. The maximum Gasteiger partial charge on any atom is 0.126 e. The van der Waals surface area contributed by atoms with Gasteiger partial charge in [-0.3, -0.25) is 0 Å². The van der Waals surface area contributed by atoms with Gasteiger partial charge >= 0.3 is 0 Å². The summed E-state index contributed by atoms with van der Waals surface area (Å²) in [7, 11) is 1.68. The van der Waals surface area contributed by atoms with E-state index < -0.39 is 0 Å². The van der Waals surface area contributed by atoms with Crippen LogP contribution < -0.4 is 14.4 Å². The van der Waals surface area contributed by atoms with Crippen molar-refractivity contribution in [3.63, 3.8) is 0 Å². The second-order valence-electron chi connectivity index (χ2n) is 8.95. The molecule has 2 aliphatic heterocycles. The van der Waals surface area contributed by atoms with Gasteiger partial charge < -0.3 is 24.3 Å². The van der Waals surface area contributed by atoms with Gasteiger partial charge in [-0.15, -0.1) is 0 Å². The van der Waals surface area contributed by atoms with E-state index in [1.54, 1.807) is 19.2 Å². The summed E-state index contributed by atoms with van der Waals surface area (Å²) in [4.78, 5) is 13.4. The normalized spacial score (nSPS) is 20.6. The number of phenolic OH excluding ortho intramolecular Hbond substituents is 1. The minimum Gasteiger partial charge on any atom is -0.508 e. The van der Waals surface area contributed by atoms with Crippen LogP contribution in [0.25, 0.3) is 0 Å². The molecule has 1 fully saturated rings. The molecule has 0 amide bonds. The fraction of sp³-hybridized carbons (Fsp3) is 0.321. The van der Waals surface area contributed by atoms with Crippen LogP contribution in [0.3, 0.4) is 0 Å². The van der Waals surface area contributed by atoms with Gasteiger partial charge in [-0.25, -0.2) is 0 Å². The number of carbonyl (C=O) groups is 1. The number of rotatable bonds is 5. The molecule has 1 saturated heterocycles. The van der Waals surface area contributed by atoms with Gasteiger partial charge in [0.05, 0.1) is 13.7 Å². The van der Waals surface area contributed by atoms with Gasteiger partial charge in [-0.2, -0.15) is 0 Å². The van der Waals surface area contributed by atoms with Crippen LogP contribution in [0.1, 0.15) is 41.4 Å². The molecule has 0 aromatic heterocycles. The highest BCUT2D eigenvalue weighted by atomic mass is 16.5. The fourth-order valence-corrected chi connectivity index (χ4v) is 5.16. The minimum atomic E-state index is 0.0938. The Bertz CT molecular complexity index is 1120. The second kappa shape index (κ2) is 9.18. The Balaban J connectivity index is 1.49. The van der Waals surface area contributed by atoms with E-state index in [1.807, 2.05) is 18.2 Å². The van der Waals surface area contributed by atoms with E-state index in [4.69, 9.17) is 9.47 Å². The summed E-state index contributed by atoms with van der Waals surface area (Å²) in [6, 6.07) is 22.4. The van der Waals surface area contributed by atoms with Crippen LogP contribution in [0.4, 0.5) is 5.69 Å². The number of fused-ring (bicyclic) bond motifs is 1. The van der Waals surface area contributed by atoms with Crippen molar-refractivity contribution in [1.29, 1.82) is 0 Å². The van der Waals surface area contributed by atoms with Gasteiger partial charge in [0.2, 0.25) is 0 Å². The predicted octanol–water partition coefficient (Wildman–Crippen LogP) is 5.12. The highest BCUT2D eigenvalue weighted by Gasteiger charge is 2.34. The lowest BCUT2D eigenvalue weighted by Crippen LogP contribution is -2.34. The molecule has 5 rings (SSSR count). The molecule has 5 nitrogen and oxygen atoms in total. The maximum absolute atomic E-state index is 11.1. The fourth-order valence-electron chi connectivity index (χ4n) is 5.16. The zero-order valence-corrected chi connectivity index (χ0v) is 18.8. The number of aldehydes is 1. The molecule has 170 valence electrons. The SMILES string of the molecule is COc1cccc([C@@H]2COc3cc(O)ccc3[C@@H]2c2ccc(N3CCC(C=O)CC3)cc2)c1. The number of phenols is 1. The van der Waals surface area contributed by atoms with Crippen LogP contribution in [0.5, 0.6) is 17.2 Å². The Morgan fingerprint density at radius 1 is 1.00 bits per heavy atom. The highest BCUT2D eigenvalue weighted by molar-refractivity contribution is 5.57. The molecule has 0 radical (unpaired) electrons. The molecule has 2 aliphatic rings. The number of anilines is 1. The van der Waals surface area contributed by atoms with Gasteiger partial charge in [0.1, 0.15) is 23.5 Å². The number of hydrogen-bond donors (Lipinski definition) is 1. The molecule has 1 N–H and O–H groups in total. The zero-order valence-electron chi connectivity index (χ0n) is 18.8. The number of methoxy groups -OCH3 is 1. The summed E-state index contributed by atoms with van der Waals surface area (Å²) in [5.41, 5.74) is 4.65. The van der Waals surface area contributed by atoms with Crippen LogP contribution in [-0.4, -0.2) is 38.2 Å². The average Bonchev–Trinajstić information content (AvgIpc) is 2.88. The summed E-state index contributed by atoms with van der Waals surface area (Å²) < 4.78 is 11.6. The second-order valence-corrected chi connectivity index (χ2v) is 8.95.